The number of hydrogen-bond acceptors (Lipinski definition) is 4. The fourth-order valence-corrected chi connectivity index (χ4v) is 5.72. The molecule has 1 spiro atoms. The summed E-state index contributed by atoms with van der Waals surface area (Å²) >= 11 is 6.36. The third-order valence-corrected chi connectivity index (χ3v) is 7.92. The maximum atomic E-state index is 13.4. The number of carbonyl (C=O) groups excluding carboxylic acids is 1. The first kappa shape index (κ1) is 22.9. The van der Waals surface area contributed by atoms with Gasteiger partial charge in [-0.3, -0.25) is 9.69 Å². The average molecular weight is 469 g/mol. The van der Waals surface area contributed by atoms with E-state index in [0.29, 0.717) is 0 Å². The molecule has 2 aromatic carbocycles. The topological polar surface area (TPSA) is 42.0 Å². The number of rotatable bonds is 5. The van der Waals surface area contributed by atoms with Gasteiger partial charge in [0, 0.05) is 49.7 Å². The lowest BCUT2D eigenvalue weighted by Gasteiger charge is -2.39. The Kier molecular flexibility index (Phi) is 7.02. The van der Waals surface area contributed by atoms with Gasteiger partial charge in [-0.05, 0) is 47.9 Å². The molecule has 3 heterocycles. The van der Waals surface area contributed by atoms with Crippen molar-refractivity contribution in [3.05, 3.63) is 70.2 Å². The van der Waals surface area contributed by atoms with Crippen molar-refractivity contribution in [1.29, 1.82) is 0 Å². The Morgan fingerprint density at radius 2 is 1.67 bits per heavy atom. The predicted molar refractivity (Wildman–Crippen MR) is 130 cm³/mol. The molecule has 3 aliphatic rings. The first-order valence-electron chi connectivity index (χ1n) is 12.1. The van der Waals surface area contributed by atoms with Crippen LogP contribution in [0.1, 0.15) is 40.7 Å². The Labute approximate surface area is 201 Å². The van der Waals surface area contributed by atoms with Crippen LogP contribution in [0, 0.1) is 5.41 Å². The van der Waals surface area contributed by atoms with E-state index >= 15 is 0 Å². The highest BCUT2D eigenvalue weighted by molar-refractivity contribution is 6.31. The van der Waals surface area contributed by atoms with Crippen LogP contribution >= 0.6 is 11.6 Å². The lowest BCUT2D eigenvalue weighted by Crippen LogP contribution is -2.44. The van der Waals surface area contributed by atoms with Crippen LogP contribution in [0.25, 0.3) is 0 Å². The molecule has 6 heteroatoms. The van der Waals surface area contributed by atoms with Crippen molar-refractivity contribution in [2.75, 3.05) is 46.0 Å². The van der Waals surface area contributed by atoms with Crippen molar-refractivity contribution in [1.82, 2.24) is 9.80 Å². The number of amides is 1. The highest BCUT2D eigenvalue weighted by Gasteiger charge is 2.43. The third-order valence-electron chi connectivity index (χ3n) is 7.55. The highest BCUT2D eigenvalue weighted by atomic mass is 35.5. The maximum absolute atomic E-state index is 13.4. The standard InChI is InChI=1S/C27H33ClN2O3/c28-25-8-4-2-5-21(25)17-23-18-27(20-33-23)9-11-30(12-10-27)26(31)24-7-3-1-6-22(24)19-29-13-15-32-16-14-29/h1-8,23H,9-20H2. The van der Waals surface area contributed by atoms with Gasteiger partial charge in [0.25, 0.3) is 5.91 Å². The van der Waals surface area contributed by atoms with E-state index in [1.807, 2.05) is 41.3 Å². The van der Waals surface area contributed by atoms with Crippen LogP contribution < -0.4 is 0 Å². The summed E-state index contributed by atoms with van der Waals surface area (Å²) in [6.45, 7) is 6.57. The third kappa shape index (κ3) is 5.27. The molecule has 176 valence electrons. The van der Waals surface area contributed by atoms with Gasteiger partial charge >= 0.3 is 0 Å². The van der Waals surface area contributed by atoms with Crippen LogP contribution in [0.5, 0.6) is 0 Å². The fourth-order valence-electron chi connectivity index (χ4n) is 5.51. The van der Waals surface area contributed by atoms with Crippen LogP contribution in [-0.2, 0) is 22.4 Å². The Morgan fingerprint density at radius 1 is 0.970 bits per heavy atom. The van der Waals surface area contributed by atoms with E-state index in [4.69, 9.17) is 21.1 Å². The smallest absolute Gasteiger partial charge is 0.254 e. The predicted octanol–water partition coefficient (Wildman–Crippen LogP) is 4.43. The summed E-state index contributed by atoms with van der Waals surface area (Å²) < 4.78 is 11.7. The van der Waals surface area contributed by atoms with Gasteiger partial charge in [0.2, 0.25) is 0 Å². The van der Waals surface area contributed by atoms with Crippen molar-refractivity contribution in [2.45, 2.75) is 38.3 Å². The Bertz CT molecular complexity index is 967. The zero-order valence-corrected chi connectivity index (χ0v) is 19.9. The van der Waals surface area contributed by atoms with Gasteiger partial charge in [-0.15, -0.1) is 0 Å². The number of nitrogens with zero attached hydrogens (tertiary/aromatic N) is 2. The van der Waals surface area contributed by atoms with E-state index in [-0.39, 0.29) is 17.4 Å². The fraction of sp³-hybridized carbons (Fsp3) is 0.519. The van der Waals surface area contributed by atoms with Gasteiger partial charge in [0.1, 0.15) is 0 Å². The number of morpholine rings is 1. The molecule has 5 nitrogen and oxygen atoms in total. The minimum atomic E-state index is 0.167. The second kappa shape index (κ2) is 10.1. The van der Waals surface area contributed by atoms with Gasteiger partial charge in [0.15, 0.2) is 0 Å². The molecule has 3 fully saturated rings. The van der Waals surface area contributed by atoms with Crippen LogP contribution in [0.4, 0.5) is 0 Å². The molecule has 0 aliphatic carbocycles. The van der Waals surface area contributed by atoms with Crippen molar-refractivity contribution < 1.29 is 14.3 Å². The van der Waals surface area contributed by atoms with Crippen LogP contribution in [0.3, 0.4) is 0 Å². The first-order valence-corrected chi connectivity index (χ1v) is 12.5. The minimum Gasteiger partial charge on any atom is -0.379 e. The quantitative estimate of drug-likeness (QED) is 0.651. The molecular weight excluding hydrogens is 436 g/mol. The minimum absolute atomic E-state index is 0.167. The summed E-state index contributed by atoms with van der Waals surface area (Å²) in [4.78, 5) is 17.9. The van der Waals surface area contributed by atoms with Crippen LogP contribution in [0.15, 0.2) is 48.5 Å². The van der Waals surface area contributed by atoms with Gasteiger partial charge in [-0.1, -0.05) is 48.0 Å². The summed E-state index contributed by atoms with van der Waals surface area (Å²) in [6, 6.07) is 16.1. The molecule has 0 saturated carbocycles. The second-order valence-corrected chi connectivity index (χ2v) is 10.2. The Balaban J connectivity index is 1.19. The lowest BCUT2D eigenvalue weighted by molar-refractivity contribution is 0.0337. The Hall–Kier alpha value is -1.92. The van der Waals surface area contributed by atoms with Crippen molar-refractivity contribution >= 4 is 17.5 Å². The number of halogens is 1. The van der Waals surface area contributed by atoms with E-state index in [9.17, 15) is 4.79 Å². The average Bonchev–Trinajstić information content (AvgIpc) is 3.23. The molecular formula is C27H33ClN2O3. The van der Waals surface area contributed by atoms with Gasteiger partial charge in [-0.2, -0.15) is 0 Å². The first-order chi connectivity index (χ1) is 16.1. The molecule has 0 bridgehead atoms. The monoisotopic (exact) mass is 468 g/mol. The van der Waals surface area contributed by atoms with E-state index in [1.165, 1.54) is 0 Å². The largest absolute Gasteiger partial charge is 0.379 e. The molecule has 1 unspecified atom stereocenters. The summed E-state index contributed by atoms with van der Waals surface area (Å²) in [5.74, 6) is 0.167. The van der Waals surface area contributed by atoms with Gasteiger partial charge in [0.05, 0.1) is 25.9 Å². The molecule has 5 rings (SSSR count). The maximum Gasteiger partial charge on any atom is 0.254 e. The zero-order valence-electron chi connectivity index (χ0n) is 19.2. The number of likely N-dealkylation sites (tertiary alicyclic amines) is 1. The lowest BCUT2D eigenvalue weighted by atomic mass is 9.76. The molecule has 3 saturated heterocycles. The number of hydrogen-bond donors (Lipinski definition) is 0. The van der Waals surface area contributed by atoms with Gasteiger partial charge < -0.3 is 14.4 Å². The molecule has 33 heavy (non-hydrogen) atoms. The zero-order chi connectivity index (χ0) is 22.7. The van der Waals surface area contributed by atoms with Gasteiger partial charge in [-0.25, -0.2) is 0 Å². The summed E-state index contributed by atoms with van der Waals surface area (Å²) in [5.41, 5.74) is 3.31. The van der Waals surface area contributed by atoms with Crippen molar-refractivity contribution in [3.8, 4) is 0 Å². The molecule has 0 radical (unpaired) electrons. The van der Waals surface area contributed by atoms with E-state index < -0.39 is 0 Å². The van der Waals surface area contributed by atoms with Crippen molar-refractivity contribution in [3.63, 3.8) is 0 Å². The summed E-state index contributed by atoms with van der Waals surface area (Å²) in [5, 5.41) is 0.818. The van der Waals surface area contributed by atoms with Crippen LogP contribution in [-0.4, -0.2) is 67.8 Å². The number of piperidine rings is 1. The Morgan fingerprint density at radius 3 is 2.42 bits per heavy atom. The van der Waals surface area contributed by atoms with Crippen molar-refractivity contribution in [2.24, 2.45) is 5.41 Å². The highest BCUT2D eigenvalue weighted by Crippen LogP contribution is 2.43. The molecule has 0 N–H and O–H groups in total. The molecule has 1 amide bonds. The summed E-state index contributed by atoms with van der Waals surface area (Å²) in [7, 11) is 0. The molecule has 0 aromatic heterocycles. The summed E-state index contributed by atoms with van der Waals surface area (Å²) in [6.07, 6.45) is 4.13. The number of carbonyl (C=O) groups is 1. The van der Waals surface area contributed by atoms with E-state index in [1.54, 1.807) is 0 Å². The number of ether oxygens (including phenoxy) is 2. The molecule has 2 aromatic rings. The van der Waals surface area contributed by atoms with E-state index in [2.05, 4.69) is 17.0 Å². The number of benzene rings is 2. The molecule has 3 aliphatic heterocycles. The molecule has 1 atom stereocenters. The van der Waals surface area contributed by atoms with Crippen LogP contribution in [0.2, 0.25) is 5.02 Å². The normalized spacial score (nSPS) is 23.2. The second-order valence-electron chi connectivity index (χ2n) is 9.77. The van der Waals surface area contributed by atoms with E-state index in [0.717, 1.165) is 99.9 Å². The SMILES string of the molecule is O=C(c1ccccc1CN1CCOCC1)N1CCC2(CC1)COC(Cc1ccccc1Cl)C2.